The summed E-state index contributed by atoms with van der Waals surface area (Å²) < 4.78 is 5.16. The predicted octanol–water partition coefficient (Wildman–Crippen LogP) is 2.98. The molecule has 0 saturated carbocycles. The van der Waals surface area contributed by atoms with E-state index in [4.69, 9.17) is 4.74 Å². The van der Waals surface area contributed by atoms with Gasteiger partial charge in [-0.1, -0.05) is 12.1 Å². The Morgan fingerprint density at radius 1 is 1.11 bits per heavy atom. The maximum absolute atomic E-state index is 5.16. The van der Waals surface area contributed by atoms with Crippen LogP contribution in [0.25, 0.3) is 0 Å². The Balaban J connectivity index is 1.82. The average molecular weight is 256 g/mol. The zero-order valence-corrected chi connectivity index (χ0v) is 11.5. The van der Waals surface area contributed by atoms with Crippen LogP contribution in [-0.2, 0) is 6.42 Å². The Morgan fingerprint density at radius 3 is 2.42 bits per heavy atom. The van der Waals surface area contributed by atoms with Gasteiger partial charge in [0.15, 0.2) is 0 Å². The summed E-state index contributed by atoms with van der Waals surface area (Å²) in [5, 5.41) is 3.52. The third kappa shape index (κ3) is 4.07. The number of pyridine rings is 1. The lowest BCUT2D eigenvalue weighted by molar-refractivity contribution is 0.414. The number of hydrogen-bond acceptors (Lipinski definition) is 3. The van der Waals surface area contributed by atoms with E-state index in [9.17, 15) is 0 Å². The fraction of sp³-hybridized carbons (Fsp3) is 0.312. The summed E-state index contributed by atoms with van der Waals surface area (Å²) in [6.45, 7) is 3.13. The normalized spacial score (nSPS) is 12.1. The van der Waals surface area contributed by atoms with Gasteiger partial charge in [-0.15, -0.1) is 0 Å². The van der Waals surface area contributed by atoms with Gasteiger partial charge in [0, 0.05) is 18.4 Å². The van der Waals surface area contributed by atoms with Gasteiger partial charge < -0.3 is 10.1 Å². The first-order valence-electron chi connectivity index (χ1n) is 6.56. The van der Waals surface area contributed by atoms with Gasteiger partial charge in [-0.05, 0) is 55.3 Å². The van der Waals surface area contributed by atoms with E-state index < -0.39 is 0 Å². The molecule has 0 radical (unpaired) electrons. The number of aromatic nitrogens is 1. The van der Waals surface area contributed by atoms with Crippen molar-refractivity contribution in [1.82, 2.24) is 10.3 Å². The van der Waals surface area contributed by atoms with Crippen LogP contribution in [0.4, 0.5) is 0 Å². The molecule has 1 aromatic carbocycles. The molecule has 0 aliphatic heterocycles. The first-order valence-corrected chi connectivity index (χ1v) is 6.56. The fourth-order valence-electron chi connectivity index (χ4n) is 1.99. The minimum atomic E-state index is 0.341. The molecular weight excluding hydrogens is 236 g/mol. The van der Waals surface area contributed by atoms with Gasteiger partial charge >= 0.3 is 0 Å². The molecule has 3 nitrogen and oxygen atoms in total. The maximum Gasteiger partial charge on any atom is 0.118 e. The minimum absolute atomic E-state index is 0.341. The van der Waals surface area contributed by atoms with Gasteiger partial charge in [-0.25, -0.2) is 0 Å². The van der Waals surface area contributed by atoms with E-state index in [1.54, 1.807) is 7.11 Å². The van der Waals surface area contributed by atoms with Crippen LogP contribution in [0.1, 0.15) is 24.1 Å². The number of nitrogens with one attached hydrogen (secondary N) is 1. The number of ether oxygens (including phenoxy) is 1. The Bertz CT molecular complexity index is 482. The molecule has 0 spiro atoms. The first-order chi connectivity index (χ1) is 9.29. The molecule has 1 heterocycles. The third-order valence-electron chi connectivity index (χ3n) is 3.23. The van der Waals surface area contributed by atoms with Gasteiger partial charge in [0.25, 0.3) is 0 Å². The average Bonchev–Trinajstić information content (AvgIpc) is 2.48. The molecule has 0 fully saturated rings. The zero-order chi connectivity index (χ0) is 13.5. The smallest absolute Gasteiger partial charge is 0.118 e. The van der Waals surface area contributed by atoms with Crippen LogP contribution in [0.2, 0.25) is 0 Å². The SMILES string of the molecule is COc1ccc([C@@H](C)NCCc2ccncc2)cc1. The Labute approximate surface area is 114 Å². The Morgan fingerprint density at radius 2 is 1.79 bits per heavy atom. The van der Waals surface area contributed by atoms with Crippen LogP contribution in [0, 0.1) is 0 Å². The van der Waals surface area contributed by atoms with Crippen molar-refractivity contribution in [3.05, 3.63) is 59.9 Å². The minimum Gasteiger partial charge on any atom is -0.497 e. The van der Waals surface area contributed by atoms with E-state index in [0.29, 0.717) is 6.04 Å². The van der Waals surface area contributed by atoms with E-state index in [1.165, 1.54) is 11.1 Å². The second kappa shape index (κ2) is 6.90. The molecule has 3 heteroatoms. The van der Waals surface area contributed by atoms with Crippen molar-refractivity contribution in [2.45, 2.75) is 19.4 Å². The van der Waals surface area contributed by atoms with Crippen LogP contribution >= 0.6 is 0 Å². The second-order valence-corrected chi connectivity index (χ2v) is 4.55. The number of methoxy groups -OCH3 is 1. The molecule has 100 valence electrons. The van der Waals surface area contributed by atoms with Crippen LogP contribution < -0.4 is 10.1 Å². The van der Waals surface area contributed by atoms with E-state index >= 15 is 0 Å². The largest absolute Gasteiger partial charge is 0.497 e. The molecule has 19 heavy (non-hydrogen) atoms. The van der Waals surface area contributed by atoms with Crippen molar-refractivity contribution in [3.63, 3.8) is 0 Å². The topological polar surface area (TPSA) is 34.1 Å². The highest BCUT2D eigenvalue weighted by Gasteiger charge is 2.04. The highest BCUT2D eigenvalue weighted by Crippen LogP contribution is 2.17. The number of hydrogen-bond donors (Lipinski definition) is 1. The summed E-state index contributed by atoms with van der Waals surface area (Å²) in [5.41, 5.74) is 2.58. The van der Waals surface area contributed by atoms with Gasteiger partial charge in [-0.2, -0.15) is 0 Å². The highest BCUT2D eigenvalue weighted by atomic mass is 16.5. The molecule has 0 aliphatic carbocycles. The van der Waals surface area contributed by atoms with Gasteiger partial charge in [-0.3, -0.25) is 4.98 Å². The first kappa shape index (κ1) is 13.6. The summed E-state index contributed by atoms with van der Waals surface area (Å²) >= 11 is 0. The van der Waals surface area contributed by atoms with Crippen LogP contribution in [0.15, 0.2) is 48.8 Å². The van der Waals surface area contributed by atoms with E-state index in [2.05, 4.69) is 41.5 Å². The maximum atomic E-state index is 5.16. The van der Waals surface area contributed by atoms with E-state index in [0.717, 1.165) is 18.7 Å². The van der Waals surface area contributed by atoms with Gasteiger partial charge in [0.1, 0.15) is 5.75 Å². The molecule has 0 amide bonds. The fourth-order valence-corrected chi connectivity index (χ4v) is 1.99. The van der Waals surface area contributed by atoms with Crippen molar-refractivity contribution >= 4 is 0 Å². The molecule has 1 atom stereocenters. The number of nitrogens with zero attached hydrogens (tertiary/aromatic N) is 1. The quantitative estimate of drug-likeness (QED) is 0.862. The predicted molar refractivity (Wildman–Crippen MR) is 77.4 cm³/mol. The van der Waals surface area contributed by atoms with E-state index in [-0.39, 0.29) is 0 Å². The zero-order valence-electron chi connectivity index (χ0n) is 11.5. The van der Waals surface area contributed by atoms with Crippen LogP contribution in [0.3, 0.4) is 0 Å². The van der Waals surface area contributed by atoms with Crippen molar-refractivity contribution < 1.29 is 4.74 Å². The Hall–Kier alpha value is -1.87. The monoisotopic (exact) mass is 256 g/mol. The molecule has 0 aliphatic rings. The Kier molecular flexibility index (Phi) is 4.93. The lowest BCUT2D eigenvalue weighted by atomic mass is 10.1. The summed E-state index contributed by atoms with van der Waals surface area (Å²) in [5.74, 6) is 0.896. The molecule has 0 saturated heterocycles. The molecule has 0 bridgehead atoms. The standard InChI is InChI=1S/C16H20N2O/c1-13(15-3-5-16(19-2)6-4-15)18-12-9-14-7-10-17-11-8-14/h3-8,10-11,13,18H,9,12H2,1-2H3/t13-/m1/s1. The highest BCUT2D eigenvalue weighted by molar-refractivity contribution is 5.28. The van der Waals surface area contributed by atoms with Gasteiger partial charge in [0.2, 0.25) is 0 Å². The van der Waals surface area contributed by atoms with Crippen LogP contribution in [0.5, 0.6) is 5.75 Å². The van der Waals surface area contributed by atoms with E-state index in [1.807, 2.05) is 24.5 Å². The van der Waals surface area contributed by atoms with Crippen molar-refractivity contribution in [2.24, 2.45) is 0 Å². The lowest BCUT2D eigenvalue weighted by Gasteiger charge is -2.14. The summed E-state index contributed by atoms with van der Waals surface area (Å²) in [4.78, 5) is 4.02. The summed E-state index contributed by atoms with van der Waals surface area (Å²) in [6.07, 6.45) is 4.69. The van der Waals surface area contributed by atoms with Crippen molar-refractivity contribution in [2.75, 3.05) is 13.7 Å². The molecule has 2 rings (SSSR count). The number of rotatable bonds is 6. The summed E-state index contributed by atoms with van der Waals surface area (Å²) in [7, 11) is 1.69. The van der Waals surface area contributed by atoms with Gasteiger partial charge in [0.05, 0.1) is 7.11 Å². The molecule has 1 aromatic heterocycles. The molecule has 0 unspecified atom stereocenters. The summed E-state index contributed by atoms with van der Waals surface area (Å²) in [6, 6.07) is 12.6. The molecular formula is C16H20N2O. The van der Waals surface area contributed by atoms with Crippen LogP contribution in [-0.4, -0.2) is 18.6 Å². The lowest BCUT2D eigenvalue weighted by Crippen LogP contribution is -2.21. The van der Waals surface area contributed by atoms with Crippen molar-refractivity contribution in [3.8, 4) is 5.75 Å². The third-order valence-corrected chi connectivity index (χ3v) is 3.23. The second-order valence-electron chi connectivity index (χ2n) is 4.55. The van der Waals surface area contributed by atoms with Crippen molar-refractivity contribution in [1.29, 1.82) is 0 Å². The molecule has 2 aromatic rings. The number of benzene rings is 1. The molecule has 1 N–H and O–H groups in total.